The van der Waals surface area contributed by atoms with E-state index in [2.05, 4.69) is 19.2 Å². The summed E-state index contributed by atoms with van der Waals surface area (Å²) < 4.78 is 5.99. The summed E-state index contributed by atoms with van der Waals surface area (Å²) in [5.74, 6) is 0.918. The van der Waals surface area contributed by atoms with E-state index in [0.717, 1.165) is 24.6 Å². The predicted octanol–water partition coefficient (Wildman–Crippen LogP) is 3.11. The summed E-state index contributed by atoms with van der Waals surface area (Å²) in [7, 11) is 0. The van der Waals surface area contributed by atoms with Crippen LogP contribution in [0.15, 0.2) is 0 Å². The fourth-order valence-electron chi connectivity index (χ4n) is 4.11. The van der Waals surface area contributed by atoms with Crippen LogP contribution in [0, 0.1) is 11.3 Å². The van der Waals surface area contributed by atoms with Gasteiger partial charge in [-0.15, -0.1) is 0 Å². The third kappa shape index (κ3) is 2.04. The Labute approximate surface area is 105 Å². The van der Waals surface area contributed by atoms with Crippen molar-refractivity contribution >= 4 is 0 Å². The van der Waals surface area contributed by atoms with Crippen LogP contribution in [-0.2, 0) is 4.74 Å². The molecule has 0 aliphatic heterocycles. The van der Waals surface area contributed by atoms with Gasteiger partial charge in [-0.3, -0.25) is 0 Å². The number of hydrogen-bond acceptors (Lipinski definition) is 2. The first-order chi connectivity index (χ1) is 8.26. The van der Waals surface area contributed by atoms with Gasteiger partial charge in [0.25, 0.3) is 0 Å². The highest BCUT2D eigenvalue weighted by molar-refractivity contribution is 5.11. The second kappa shape index (κ2) is 4.55. The van der Waals surface area contributed by atoms with Gasteiger partial charge < -0.3 is 10.1 Å². The zero-order valence-electron chi connectivity index (χ0n) is 11.4. The Morgan fingerprint density at radius 1 is 1.18 bits per heavy atom. The highest BCUT2D eigenvalue weighted by Gasteiger charge is 2.56. The molecule has 4 atom stereocenters. The second-order valence-electron chi connectivity index (χ2n) is 6.51. The quantitative estimate of drug-likeness (QED) is 0.811. The van der Waals surface area contributed by atoms with Crippen molar-refractivity contribution < 1.29 is 4.74 Å². The van der Waals surface area contributed by atoms with Gasteiger partial charge in [-0.2, -0.15) is 0 Å². The van der Waals surface area contributed by atoms with Gasteiger partial charge in [0.15, 0.2) is 0 Å². The number of hydrogen-bond donors (Lipinski definition) is 1. The van der Waals surface area contributed by atoms with Crippen molar-refractivity contribution in [1.82, 2.24) is 5.32 Å². The molecule has 1 spiro atoms. The molecule has 2 nitrogen and oxygen atoms in total. The molecular formula is C15H27NO. The van der Waals surface area contributed by atoms with Crippen LogP contribution in [0.1, 0.15) is 58.8 Å². The van der Waals surface area contributed by atoms with Gasteiger partial charge in [-0.25, -0.2) is 0 Å². The molecule has 0 bridgehead atoms. The van der Waals surface area contributed by atoms with Crippen molar-refractivity contribution in [1.29, 1.82) is 0 Å². The fraction of sp³-hybridized carbons (Fsp3) is 1.00. The summed E-state index contributed by atoms with van der Waals surface area (Å²) in [5, 5.41) is 3.91. The molecule has 0 saturated heterocycles. The first-order valence-electron chi connectivity index (χ1n) is 7.64. The Balaban J connectivity index is 1.63. The SMILES string of the molecule is CCOC1CC(NC2CC2C)C12CCCCC2. The van der Waals surface area contributed by atoms with Crippen LogP contribution in [0.4, 0.5) is 0 Å². The lowest BCUT2D eigenvalue weighted by Crippen LogP contribution is -2.65. The standard InChI is InChI=1S/C15H27NO/c1-3-17-14-10-13(16-12-9-11(12)2)15(14)7-5-4-6-8-15/h11-14,16H,3-10H2,1-2H3. The maximum atomic E-state index is 5.99. The minimum Gasteiger partial charge on any atom is -0.378 e. The Morgan fingerprint density at radius 2 is 1.88 bits per heavy atom. The molecule has 0 aromatic rings. The topological polar surface area (TPSA) is 21.3 Å². The lowest BCUT2D eigenvalue weighted by Gasteiger charge is -2.58. The van der Waals surface area contributed by atoms with Crippen LogP contribution in [0.2, 0.25) is 0 Å². The van der Waals surface area contributed by atoms with Crippen molar-refractivity contribution in [3.05, 3.63) is 0 Å². The lowest BCUT2D eigenvalue weighted by molar-refractivity contribution is -0.150. The first-order valence-corrected chi connectivity index (χ1v) is 7.64. The molecule has 0 aromatic carbocycles. The molecule has 3 saturated carbocycles. The minimum atomic E-state index is 0.510. The first kappa shape index (κ1) is 12.0. The summed E-state index contributed by atoms with van der Waals surface area (Å²) in [4.78, 5) is 0. The fourth-order valence-corrected chi connectivity index (χ4v) is 4.11. The van der Waals surface area contributed by atoms with Gasteiger partial charge in [-0.05, 0) is 38.5 Å². The van der Waals surface area contributed by atoms with Crippen LogP contribution in [0.5, 0.6) is 0 Å². The Kier molecular flexibility index (Phi) is 3.20. The summed E-state index contributed by atoms with van der Waals surface area (Å²) in [6, 6.07) is 1.58. The molecule has 3 rings (SSSR count). The summed E-state index contributed by atoms with van der Waals surface area (Å²) >= 11 is 0. The lowest BCUT2D eigenvalue weighted by atomic mass is 9.55. The summed E-state index contributed by atoms with van der Waals surface area (Å²) in [6.07, 6.45) is 10.3. The second-order valence-corrected chi connectivity index (χ2v) is 6.51. The largest absolute Gasteiger partial charge is 0.378 e. The van der Waals surface area contributed by atoms with Crippen LogP contribution in [0.3, 0.4) is 0 Å². The van der Waals surface area contributed by atoms with Gasteiger partial charge in [0.05, 0.1) is 6.10 Å². The van der Waals surface area contributed by atoms with Crippen LogP contribution in [0.25, 0.3) is 0 Å². The molecule has 0 aromatic heterocycles. The Bertz CT molecular complexity index is 272. The highest BCUT2D eigenvalue weighted by Crippen LogP contribution is 2.54. The van der Waals surface area contributed by atoms with Crippen molar-refractivity contribution in [3.63, 3.8) is 0 Å². The zero-order chi connectivity index (χ0) is 11.9. The van der Waals surface area contributed by atoms with Crippen LogP contribution >= 0.6 is 0 Å². The third-order valence-electron chi connectivity index (χ3n) is 5.46. The van der Waals surface area contributed by atoms with E-state index in [-0.39, 0.29) is 0 Å². The van der Waals surface area contributed by atoms with E-state index >= 15 is 0 Å². The molecule has 2 heteroatoms. The van der Waals surface area contributed by atoms with E-state index in [1.165, 1.54) is 44.9 Å². The summed E-state index contributed by atoms with van der Waals surface area (Å²) in [5.41, 5.74) is 0.510. The normalized spacial score (nSPS) is 43.4. The molecule has 0 amide bonds. The van der Waals surface area contributed by atoms with E-state index in [1.807, 2.05) is 0 Å². The van der Waals surface area contributed by atoms with Gasteiger partial charge in [0.1, 0.15) is 0 Å². The Morgan fingerprint density at radius 3 is 2.47 bits per heavy atom. The maximum Gasteiger partial charge on any atom is 0.0661 e. The molecule has 3 aliphatic carbocycles. The number of rotatable bonds is 4. The van der Waals surface area contributed by atoms with Crippen molar-refractivity contribution in [2.45, 2.75) is 77.0 Å². The monoisotopic (exact) mass is 237 g/mol. The van der Waals surface area contributed by atoms with Crippen molar-refractivity contribution in [3.8, 4) is 0 Å². The van der Waals surface area contributed by atoms with E-state index < -0.39 is 0 Å². The molecule has 0 radical (unpaired) electrons. The van der Waals surface area contributed by atoms with Gasteiger partial charge in [-0.1, -0.05) is 26.2 Å². The molecule has 17 heavy (non-hydrogen) atoms. The Hall–Kier alpha value is -0.0800. The van der Waals surface area contributed by atoms with Gasteiger partial charge in [0, 0.05) is 24.1 Å². The van der Waals surface area contributed by atoms with E-state index in [4.69, 9.17) is 4.74 Å². The van der Waals surface area contributed by atoms with E-state index in [1.54, 1.807) is 0 Å². The molecule has 4 unspecified atom stereocenters. The third-order valence-corrected chi connectivity index (χ3v) is 5.46. The van der Waals surface area contributed by atoms with Gasteiger partial charge >= 0.3 is 0 Å². The number of nitrogens with one attached hydrogen (secondary N) is 1. The maximum absolute atomic E-state index is 5.99. The number of ether oxygens (including phenoxy) is 1. The van der Waals surface area contributed by atoms with Crippen molar-refractivity contribution in [2.75, 3.05) is 6.61 Å². The highest BCUT2D eigenvalue weighted by atomic mass is 16.5. The van der Waals surface area contributed by atoms with Gasteiger partial charge in [0.2, 0.25) is 0 Å². The molecule has 0 heterocycles. The zero-order valence-corrected chi connectivity index (χ0v) is 11.4. The molecule has 3 aliphatic rings. The minimum absolute atomic E-state index is 0.510. The van der Waals surface area contributed by atoms with Crippen LogP contribution in [-0.4, -0.2) is 24.8 Å². The van der Waals surface area contributed by atoms with Crippen LogP contribution < -0.4 is 5.32 Å². The molecule has 1 N–H and O–H groups in total. The average Bonchev–Trinajstić information content (AvgIpc) is 3.05. The average molecular weight is 237 g/mol. The van der Waals surface area contributed by atoms with Crippen molar-refractivity contribution in [2.24, 2.45) is 11.3 Å². The summed E-state index contributed by atoms with van der Waals surface area (Å²) in [6.45, 7) is 5.39. The predicted molar refractivity (Wildman–Crippen MR) is 70.0 cm³/mol. The van der Waals surface area contributed by atoms with E-state index in [0.29, 0.717) is 11.5 Å². The molecular weight excluding hydrogens is 210 g/mol. The van der Waals surface area contributed by atoms with E-state index in [9.17, 15) is 0 Å². The smallest absolute Gasteiger partial charge is 0.0661 e. The molecule has 98 valence electrons. The molecule has 3 fully saturated rings.